The average Bonchev–Trinajstić information content (AvgIpc) is 3.70. The minimum atomic E-state index is -0.796. The van der Waals surface area contributed by atoms with Crippen LogP contribution in [-0.2, 0) is 19.4 Å². The van der Waals surface area contributed by atoms with Crippen molar-refractivity contribution in [1.29, 1.82) is 0 Å². The molecule has 1 aliphatic carbocycles. The number of carbonyl (C=O) groups excluding carboxylic acids is 2. The number of rotatable bonds is 19. The SMILES string of the molecule is C=CC(O)NCc1ccc(C(=O)Nc2ccccc2Oc2ccc(OCCCCNc3c(C(=O)N[C@H]4CCc5cc(N6CCN[C@H](CC)C6)ccc5C4)sc4nc(C)ccc34)cc2)cc1. The van der Waals surface area contributed by atoms with Crippen LogP contribution < -0.4 is 41.0 Å². The van der Waals surface area contributed by atoms with Crippen molar-refractivity contribution in [1.82, 2.24) is 20.9 Å². The van der Waals surface area contributed by atoms with Gasteiger partial charge in [0.25, 0.3) is 11.8 Å². The number of thiophene rings is 1. The van der Waals surface area contributed by atoms with E-state index >= 15 is 0 Å². The second-order valence-corrected chi connectivity index (χ2v) is 17.7. The van der Waals surface area contributed by atoms with Crippen LogP contribution in [-0.4, -0.2) is 73.0 Å². The first kappa shape index (κ1) is 45.3. The molecule has 0 radical (unpaired) electrons. The molecule has 338 valence electrons. The van der Waals surface area contributed by atoms with Crippen LogP contribution in [0.4, 0.5) is 17.1 Å². The minimum absolute atomic E-state index is 0.0495. The second kappa shape index (κ2) is 21.6. The summed E-state index contributed by atoms with van der Waals surface area (Å²) in [6.07, 6.45) is 6.10. The van der Waals surface area contributed by atoms with Crippen LogP contribution in [0.1, 0.15) is 75.0 Å². The number of amides is 2. The van der Waals surface area contributed by atoms with Crippen molar-refractivity contribution in [2.24, 2.45) is 0 Å². The van der Waals surface area contributed by atoms with Crippen molar-refractivity contribution in [3.05, 3.63) is 149 Å². The molecule has 65 heavy (non-hydrogen) atoms. The fraction of sp³-hybridized carbons (Fsp3) is 0.327. The monoisotopic (exact) mass is 893 g/mol. The van der Waals surface area contributed by atoms with E-state index in [0.717, 1.165) is 91.1 Å². The fourth-order valence-corrected chi connectivity index (χ4v) is 9.45. The maximum Gasteiger partial charge on any atom is 0.263 e. The highest BCUT2D eigenvalue weighted by Crippen LogP contribution is 2.36. The van der Waals surface area contributed by atoms with Crippen LogP contribution in [0, 0.1) is 6.92 Å². The summed E-state index contributed by atoms with van der Waals surface area (Å²) in [4.78, 5) is 35.9. The highest BCUT2D eigenvalue weighted by atomic mass is 32.1. The van der Waals surface area contributed by atoms with Gasteiger partial charge in [-0.25, -0.2) is 4.98 Å². The molecule has 2 aromatic heterocycles. The Bertz CT molecular complexity index is 2580. The fourth-order valence-electron chi connectivity index (χ4n) is 8.35. The molecule has 0 spiro atoms. The first-order valence-electron chi connectivity index (χ1n) is 22.7. The Balaban J connectivity index is 0.801. The third kappa shape index (κ3) is 11.7. The van der Waals surface area contributed by atoms with Gasteiger partial charge in [0, 0.05) is 67.1 Å². The van der Waals surface area contributed by atoms with Gasteiger partial charge >= 0.3 is 0 Å². The number of benzene rings is 4. The number of aliphatic hydroxyl groups is 1. The Kier molecular flexibility index (Phi) is 15.1. The Morgan fingerprint density at radius 3 is 2.62 bits per heavy atom. The summed E-state index contributed by atoms with van der Waals surface area (Å²) >= 11 is 1.45. The number of piperazine rings is 1. The lowest BCUT2D eigenvalue weighted by Gasteiger charge is -2.36. The van der Waals surface area contributed by atoms with E-state index in [1.807, 2.05) is 61.5 Å². The van der Waals surface area contributed by atoms with Gasteiger partial charge in [-0.15, -0.1) is 11.3 Å². The molecule has 4 aromatic carbocycles. The summed E-state index contributed by atoms with van der Waals surface area (Å²) in [7, 11) is 0. The molecular formula is C52H59N7O5S. The zero-order valence-corrected chi connectivity index (χ0v) is 38.0. The highest BCUT2D eigenvalue weighted by molar-refractivity contribution is 7.21. The molecule has 0 bridgehead atoms. The molecule has 3 heterocycles. The molecule has 13 heteroatoms. The standard InChI is InChI=1S/C52H59N7O5S/c1-4-39-33-59(28-27-53-39)41-20-18-37-30-40(19-17-38(37)31-41)57-51(62)49-48(44-25-12-34(3)56-52(44)65-49)54-26-8-9-29-63-42-21-23-43(24-22-42)64-46-11-7-6-10-45(46)58-50(61)36-15-13-35(14-16-36)32-55-47(60)5-2/h5-7,10-16,18,20-25,31,39-40,47,53-55,60H,2,4,8-9,17,19,26-30,32-33H2,1,3H3,(H,57,62)(H,58,61)/t39-,40+,47?/m1/s1. The first-order valence-corrected chi connectivity index (χ1v) is 23.5. The molecule has 1 unspecified atom stereocenters. The maximum absolute atomic E-state index is 14.0. The van der Waals surface area contributed by atoms with E-state index in [9.17, 15) is 14.7 Å². The van der Waals surface area contributed by atoms with Crippen molar-refractivity contribution < 1.29 is 24.2 Å². The number of carbonyl (C=O) groups is 2. The summed E-state index contributed by atoms with van der Waals surface area (Å²) in [5.74, 6) is 1.53. The number of para-hydroxylation sites is 2. The van der Waals surface area contributed by atoms with E-state index in [1.54, 1.807) is 24.3 Å². The molecular weight excluding hydrogens is 835 g/mol. The normalized spacial score (nSPS) is 16.3. The van der Waals surface area contributed by atoms with Gasteiger partial charge in [0.1, 0.15) is 27.4 Å². The van der Waals surface area contributed by atoms with E-state index in [4.69, 9.17) is 14.5 Å². The van der Waals surface area contributed by atoms with Crippen molar-refractivity contribution in [2.75, 3.05) is 48.3 Å². The molecule has 8 rings (SSSR count). The molecule has 12 nitrogen and oxygen atoms in total. The lowest BCUT2D eigenvalue weighted by molar-refractivity contribution is 0.0937. The Morgan fingerprint density at radius 2 is 1.80 bits per heavy atom. The first-order chi connectivity index (χ1) is 31.7. The molecule has 1 aliphatic heterocycles. The molecule has 6 N–H and O–H groups in total. The zero-order valence-electron chi connectivity index (χ0n) is 37.2. The van der Waals surface area contributed by atoms with Crippen molar-refractivity contribution in [2.45, 2.75) is 77.2 Å². The summed E-state index contributed by atoms with van der Waals surface area (Å²) in [6, 6.07) is 33.4. The Labute approximate surface area is 385 Å². The molecule has 1 saturated heterocycles. The zero-order chi connectivity index (χ0) is 45.1. The smallest absolute Gasteiger partial charge is 0.263 e. The van der Waals surface area contributed by atoms with E-state index in [-0.39, 0.29) is 17.9 Å². The van der Waals surface area contributed by atoms with Gasteiger partial charge in [0.05, 0.1) is 18.0 Å². The number of hydrogen-bond acceptors (Lipinski definition) is 11. The average molecular weight is 894 g/mol. The summed E-state index contributed by atoms with van der Waals surface area (Å²) < 4.78 is 12.3. The minimum Gasteiger partial charge on any atom is -0.494 e. The number of hydrogen-bond donors (Lipinski definition) is 6. The lowest BCUT2D eigenvalue weighted by atomic mass is 9.87. The predicted molar refractivity (Wildman–Crippen MR) is 262 cm³/mol. The number of aliphatic hydroxyl groups excluding tert-OH is 1. The third-order valence-corrected chi connectivity index (χ3v) is 13.1. The van der Waals surface area contributed by atoms with Gasteiger partial charge in [-0.3, -0.25) is 14.9 Å². The number of anilines is 3. The number of nitrogens with zero attached hydrogens (tertiary/aromatic N) is 2. The topological polar surface area (TPSA) is 149 Å². The summed E-state index contributed by atoms with van der Waals surface area (Å²) in [5.41, 5.74) is 7.77. The quantitative estimate of drug-likeness (QED) is 0.0265. The maximum atomic E-state index is 14.0. The van der Waals surface area contributed by atoms with Crippen LogP contribution in [0.5, 0.6) is 17.2 Å². The van der Waals surface area contributed by atoms with Gasteiger partial charge in [-0.2, -0.15) is 0 Å². The van der Waals surface area contributed by atoms with Gasteiger partial charge in [0.15, 0.2) is 5.75 Å². The molecule has 0 saturated carbocycles. The van der Waals surface area contributed by atoms with Crippen LogP contribution in [0.2, 0.25) is 0 Å². The van der Waals surface area contributed by atoms with E-state index < -0.39 is 6.23 Å². The molecule has 1 fully saturated rings. The number of fused-ring (bicyclic) bond motifs is 2. The molecule has 2 amide bonds. The Morgan fingerprint density at radius 1 is 0.985 bits per heavy atom. The van der Waals surface area contributed by atoms with E-state index in [1.165, 1.54) is 34.2 Å². The Hall–Kier alpha value is -6.25. The van der Waals surface area contributed by atoms with Crippen molar-refractivity contribution in [3.63, 3.8) is 0 Å². The number of unbranched alkanes of at least 4 members (excludes halogenated alkanes) is 1. The van der Waals surface area contributed by atoms with E-state index in [0.29, 0.717) is 53.4 Å². The van der Waals surface area contributed by atoms with Crippen LogP contribution in [0.25, 0.3) is 10.2 Å². The number of pyridine rings is 1. The van der Waals surface area contributed by atoms with Crippen LogP contribution in [0.15, 0.2) is 116 Å². The van der Waals surface area contributed by atoms with Crippen LogP contribution >= 0.6 is 11.3 Å². The number of ether oxygens (including phenoxy) is 2. The second-order valence-electron chi connectivity index (χ2n) is 16.7. The van der Waals surface area contributed by atoms with E-state index in [2.05, 4.69) is 69.3 Å². The lowest BCUT2D eigenvalue weighted by Crippen LogP contribution is -2.50. The van der Waals surface area contributed by atoms with Gasteiger partial charge < -0.3 is 40.7 Å². The van der Waals surface area contributed by atoms with Gasteiger partial charge in [-0.05, 0) is 141 Å². The van der Waals surface area contributed by atoms with Crippen LogP contribution in [0.3, 0.4) is 0 Å². The summed E-state index contributed by atoms with van der Waals surface area (Å²) in [6.45, 7) is 12.5. The van der Waals surface area contributed by atoms with Gasteiger partial charge in [-0.1, -0.05) is 43.8 Å². The largest absolute Gasteiger partial charge is 0.494 e. The number of aromatic nitrogens is 1. The number of nitrogens with one attached hydrogen (secondary N) is 5. The molecule has 2 aliphatic rings. The summed E-state index contributed by atoms with van der Waals surface area (Å²) in [5, 5.41) is 27.1. The highest BCUT2D eigenvalue weighted by Gasteiger charge is 2.26. The van der Waals surface area contributed by atoms with Crippen molar-refractivity contribution >= 4 is 50.4 Å². The van der Waals surface area contributed by atoms with Gasteiger partial charge in [0.2, 0.25) is 0 Å². The molecule has 6 aromatic rings. The molecule has 3 atom stereocenters. The van der Waals surface area contributed by atoms with Crippen molar-refractivity contribution in [3.8, 4) is 17.2 Å². The number of aryl methyl sites for hydroxylation is 2. The third-order valence-electron chi connectivity index (χ3n) is 12.1. The predicted octanol–water partition coefficient (Wildman–Crippen LogP) is 8.99.